The molecule has 1 fully saturated rings. The van der Waals surface area contributed by atoms with Gasteiger partial charge in [-0.25, -0.2) is 14.5 Å². The molecule has 1 aliphatic rings. The van der Waals surface area contributed by atoms with Crippen LogP contribution in [-0.4, -0.2) is 53.4 Å². The Kier molecular flexibility index (Phi) is 10.4. The van der Waals surface area contributed by atoms with Crippen molar-refractivity contribution in [2.45, 2.75) is 71.8 Å². The van der Waals surface area contributed by atoms with Crippen molar-refractivity contribution in [3.63, 3.8) is 0 Å². The van der Waals surface area contributed by atoms with Gasteiger partial charge in [0.2, 0.25) is 5.78 Å². The lowest BCUT2D eigenvalue weighted by molar-refractivity contribution is -0.139. The summed E-state index contributed by atoms with van der Waals surface area (Å²) < 4.78 is 10.7. The number of carbonyl (C=O) groups is 5. The summed E-state index contributed by atoms with van der Waals surface area (Å²) in [5, 5.41) is 5.13. The zero-order valence-electron chi connectivity index (χ0n) is 23.3. The summed E-state index contributed by atoms with van der Waals surface area (Å²) >= 11 is 0. The van der Waals surface area contributed by atoms with E-state index in [9.17, 15) is 24.0 Å². The molecule has 0 radical (unpaired) electrons. The Bertz CT molecular complexity index is 1200. The Morgan fingerprint density at radius 3 is 2.25 bits per heavy atom. The molecule has 2 aromatic rings. The first-order valence-electron chi connectivity index (χ1n) is 13.4. The second kappa shape index (κ2) is 13.7. The van der Waals surface area contributed by atoms with Crippen LogP contribution in [-0.2, 0) is 30.5 Å². The van der Waals surface area contributed by atoms with Crippen molar-refractivity contribution in [2.24, 2.45) is 5.41 Å². The normalized spacial score (nSPS) is 17.4. The minimum Gasteiger partial charge on any atom is -0.444 e. The molecule has 3 rings (SSSR count). The van der Waals surface area contributed by atoms with E-state index in [-0.39, 0.29) is 19.6 Å². The van der Waals surface area contributed by atoms with E-state index >= 15 is 0 Å². The number of carbonyl (C=O) groups excluding carboxylic acids is 5. The van der Waals surface area contributed by atoms with Gasteiger partial charge in [-0.3, -0.25) is 14.4 Å². The zero-order valence-corrected chi connectivity index (χ0v) is 23.3. The van der Waals surface area contributed by atoms with E-state index in [0.29, 0.717) is 6.42 Å². The lowest BCUT2D eigenvalue weighted by Crippen LogP contribution is -2.49. The molecule has 1 aliphatic heterocycles. The third-order valence-corrected chi connectivity index (χ3v) is 6.74. The maximum absolute atomic E-state index is 13.1. The standard InChI is InChI=1S/C30H37N3O7/c1-5-6-17-23(24(34)26(35)31-20(2)22-15-11-8-12-16-22)32-28(37)40-25-27(36)33(19-30(25,3)4)29(38)39-18-21-13-9-7-10-14-21/h7-16,20,23,25H,5-6,17-19H2,1-4H3,(H,31,35)(H,32,37)/t20-,23+,25-/m1/s1. The molecule has 10 heteroatoms. The van der Waals surface area contributed by atoms with E-state index in [2.05, 4.69) is 10.6 Å². The Labute approximate surface area is 234 Å². The van der Waals surface area contributed by atoms with E-state index in [0.717, 1.165) is 22.4 Å². The minimum atomic E-state index is -1.29. The molecule has 3 atom stereocenters. The Morgan fingerprint density at radius 2 is 1.62 bits per heavy atom. The second-order valence-corrected chi connectivity index (χ2v) is 10.5. The lowest BCUT2D eigenvalue weighted by atomic mass is 9.90. The van der Waals surface area contributed by atoms with Crippen LogP contribution < -0.4 is 10.6 Å². The van der Waals surface area contributed by atoms with Crippen LogP contribution in [0.1, 0.15) is 64.1 Å². The van der Waals surface area contributed by atoms with Crippen molar-refractivity contribution in [2.75, 3.05) is 6.54 Å². The maximum Gasteiger partial charge on any atom is 0.416 e. The number of Topliss-reactive ketones (excluding diaryl/α,β-unsaturated/α-hetero) is 1. The molecule has 1 heterocycles. The number of nitrogens with zero attached hydrogens (tertiary/aromatic N) is 1. The van der Waals surface area contributed by atoms with Gasteiger partial charge in [0.15, 0.2) is 6.10 Å². The highest BCUT2D eigenvalue weighted by Gasteiger charge is 2.52. The summed E-state index contributed by atoms with van der Waals surface area (Å²) in [4.78, 5) is 65.2. The molecule has 10 nitrogen and oxygen atoms in total. The monoisotopic (exact) mass is 551 g/mol. The molecule has 214 valence electrons. The third kappa shape index (κ3) is 7.91. The zero-order chi connectivity index (χ0) is 29.3. The molecule has 0 bridgehead atoms. The number of hydrogen-bond acceptors (Lipinski definition) is 7. The average molecular weight is 552 g/mol. The van der Waals surface area contributed by atoms with Gasteiger partial charge in [-0.1, -0.05) is 94.3 Å². The number of benzene rings is 2. The van der Waals surface area contributed by atoms with E-state index in [1.165, 1.54) is 0 Å². The van der Waals surface area contributed by atoms with E-state index in [1.54, 1.807) is 32.9 Å². The van der Waals surface area contributed by atoms with Crippen LogP contribution in [0.25, 0.3) is 0 Å². The van der Waals surface area contributed by atoms with Crippen LogP contribution in [0.15, 0.2) is 60.7 Å². The molecular formula is C30H37N3O7. The van der Waals surface area contributed by atoms with Crippen LogP contribution in [0.3, 0.4) is 0 Å². The van der Waals surface area contributed by atoms with Gasteiger partial charge in [0.25, 0.3) is 11.8 Å². The van der Waals surface area contributed by atoms with Crippen molar-refractivity contribution in [1.82, 2.24) is 15.5 Å². The van der Waals surface area contributed by atoms with Crippen LogP contribution >= 0.6 is 0 Å². The fourth-order valence-electron chi connectivity index (χ4n) is 4.42. The number of ether oxygens (including phenoxy) is 2. The van der Waals surface area contributed by atoms with Crippen LogP contribution in [0.2, 0.25) is 0 Å². The van der Waals surface area contributed by atoms with Crippen molar-refractivity contribution in [3.05, 3.63) is 71.8 Å². The lowest BCUT2D eigenvalue weighted by Gasteiger charge is -2.25. The Balaban J connectivity index is 1.61. The summed E-state index contributed by atoms with van der Waals surface area (Å²) in [7, 11) is 0. The summed E-state index contributed by atoms with van der Waals surface area (Å²) in [6.45, 7) is 7.02. The molecule has 0 saturated carbocycles. The number of amides is 4. The molecule has 0 unspecified atom stereocenters. The number of hydrogen-bond donors (Lipinski definition) is 2. The van der Waals surface area contributed by atoms with Crippen LogP contribution in [0.5, 0.6) is 0 Å². The van der Waals surface area contributed by atoms with Gasteiger partial charge in [-0.05, 0) is 24.5 Å². The van der Waals surface area contributed by atoms with E-state index in [1.807, 2.05) is 55.5 Å². The molecule has 0 aliphatic carbocycles. The molecular weight excluding hydrogens is 514 g/mol. The number of nitrogens with one attached hydrogen (secondary N) is 2. The first-order valence-corrected chi connectivity index (χ1v) is 13.4. The number of ketones is 1. The second-order valence-electron chi connectivity index (χ2n) is 10.5. The molecule has 40 heavy (non-hydrogen) atoms. The molecule has 4 amide bonds. The van der Waals surface area contributed by atoms with Crippen LogP contribution in [0, 0.1) is 5.41 Å². The number of unbranched alkanes of at least 4 members (excludes halogenated alkanes) is 1. The van der Waals surface area contributed by atoms with Crippen LogP contribution in [0.4, 0.5) is 9.59 Å². The highest BCUT2D eigenvalue weighted by molar-refractivity contribution is 6.38. The van der Waals surface area contributed by atoms with Gasteiger partial charge in [0, 0.05) is 12.0 Å². The van der Waals surface area contributed by atoms with Gasteiger partial charge in [-0.15, -0.1) is 0 Å². The summed E-state index contributed by atoms with van der Waals surface area (Å²) in [5.74, 6) is -2.36. The first kappa shape index (κ1) is 30.3. The largest absolute Gasteiger partial charge is 0.444 e. The number of likely N-dealkylation sites (tertiary alicyclic amines) is 1. The minimum absolute atomic E-state index is 0.0118. The van der Waals surface area contributed by atoms with E-state index in [4.69, 9.17) is 9.47 Å². The quantitative estimate of drug-likeness (QED) is 0.398. The average Bonchev–Trinajstić information content (AvgIpc) is 3.18. The molecule has 1 saturated heterocycles. The van der Waals surface area contributed by atoms with Gasteiger partial charge in [0.05, 0.1) is 6.04 Å². The predicted octanol–water partition coefficient (Wildman–Crippen LogP) is 4.29. The van der Waals surface area contributed by atoms with Gasteiger partial charge >= 0.3 is 12.2 Å². The summed E-state index contributed by atoms with van der Waals surface area (Å²) in [6.07, 6.45) is -1.62. The SMILES string of the molecule is CCCC[C@H](NC(=O)O[C@@H]1C(=O)N(C(=O)OCc2ccccc2)CC1(C)C)C(=O)C(=O)N[C@H](C)c1ccccc1. The Morgan fingerprint density at radius 1 is 1.00 bits per heavy atom. The fourth-order valence-corrected chi connectivity index (χ4v) is 4.42. The summed E-state index contributed by atoms with van der Waals surface area (Å²) in [5.41, 5.74) is 0.680. The molecule has 2 N–H and O–H groups in total. The van der Waals surface area contributed by atoms with Crippen molar-refractivity contribution in [3.8, 4) is 0 Å². The van der Waals surface area contributed by atoms with Gasteiger partial charge < -0.3 is 20.1 Å². The number of imide groups is 1. The van der Waals surface area contributed by atoms with Crippen molar-refractivity contribution >= 4 is 29.8 Å². The molecule has 0 aromatic heterocycles. The maximum atomic E-state index is 13.1. The highest BCUT2D eigenvalue weighted by Crippen LogP contribution is 2.33. The smallest absolute Gasteiger partial charge is 0.416 e. The summed E-state index contributed by atoms with van der Waals surface area (Å²) in [6, 6.07) is 16.7. The predicted molar refractivity (Wildman–Crippen MR) is 147 cm³/mol. The molecule has 2 aromatic carbocycles. The van der Waals surface area contributed by atoms with E-state index < -0.39 is 53.4 Å². The fraction of sp³-hybridized carbons (Fsp3) is 0.433. The van der Waals surface area contributed by atoms with Gasteiger partial charge in [-0.2, -0.15) is 0 Å². The van der Waals surface area contributed by atoms with Crippen molar-refractivity contribution in [1.29, 1.82) is 0 Å². The number of alkyl carbamates (subject to hydrolysis) is 1. The first-order chi connectivity index (χ1) is 19.0. The molecule has 0 spiro atoms. The third-order valence-electron chi connectivity index (χ3n) is 6.74. The highest BCUT2D eigenvalue weighted by atomic mass is 16.6. The van der Waals surface area contributed by atoms with Crippen molar-refractivity contribution < 1.29 is 33.4 Å². The van der Waals surface area contributed by atoms with Gasteiger partial charge in [0.1, 0.15) is 12.6 Å². The Hall–Kier alpha value is -4.21. The number of rotatable bonds is 11. The topological polar surface area (TPSA) is 131 Å².